The van der Waals surface area contributed by atoms with Gasteiger partial charge in [-0.25, -0.2) is 9.07 Å². The zero-order valence-electron chi connectivity index (χ0n) is 14.9. The molecule has 0 N–H and O–H groups in total. The maximum atomic E-state index is 13.1. The molecule has 0 spiro atoms. The minimum absolute atomic E-state index is 0.0662. The van der Waals surface area contributed by atoms with Gasteiger partial charge in [0.1, 0.15) is 5.82 Å². The monoisotopic (exact) mass is 418 g/mol. The van der Waals surface area contributed by atoms with Crippen LogP contribution in [0.25, 0.3) is 5.69 Å². The first-order valence-corrected chi connectivity index (χ1v) is 10.9. The van der Waals surface area contributed by atoms with E-state index >= 15 is 0 Å². The molecule has 0 unspecified atom stereocenters. The van der Waals surface area contributed by atoms with Crippen molar-refractivity contribution in [2.24, 2.45) is 0 Å². The minimum Gasteiger partial charge on any atom is -0.293 e. The van der Waals surface area contributed by atoms with Gasteiger partial charge in [0, 0.05) is 5.56 Å². The lowest BCUT2D eigenvalue weighted by Gasteiger charge is -2.03. The van der Waals surface area contributed by atoms with Gasteiger partial charge in [-0.3, -0.25) is 4.79 Å². The molecule has 1 heterocycles. The lowest BCUT2D eigenvalue weighted by atomic mass is 10.1. The largest absolute Gasteiger partial charge is 0.293 e. The number of halogens is 1. The molecular formula is C20H19FN2OS3. The zero-order valence-corrected chi connectivity index (χ0v) is 17.3. The average molecular weight is 419 g/mol. The molecule has 3 rings (SSSR count). The molecule has 140 valence electrons. The number of benzene rings is 2. The first-order chi connectivity index (χ1) is 13.1. The normalized spacial score (nSPS) is 10.9. The van der Waals surface area contributed by atoms with Gasteiger partial charge in [0.15, 0.2) is 14.1 Å². The molecule has 3 aromatic rings. The minimum atomic E-state index is -0.304. The number of carbonyl (C=O) groups excluding carboxylic acids is 1. The number of rotatable bonds is 8. The van der Waals surface area contributed by atoms with E-state index in [0.717, 1.165) is 23.6 Å². The van der Waals surface area contributed by atoms with E-state index in [1.54, 1.807) is 16.8 Å². The standard InChI is InChI=1S/C20H19FN2OS3/c1-2-3-4-14-5-7-15(8-6-14)18(24)13-26-19-22-23(20(25)27-19)17-11-9-16(21)10-12-17/h5-12H,2-4,13H2,1H3. The summed E-state index contributed by atoms with van der Waals surface area (Å²) in [6.45, 7) is 2.17. The van der Waals surface area contributed by atoms with Gasteiger partial charge in [0.2, 0.25) is 0 Å². The summed E-state index contributed by atoms with van der Waals surface area (Å²) >= 11 is 8.05. The van der Waals surface area contributed by atoms with Crippen molar-refractivity contribution in [1.82, 2.24) is 9.78 Å². The first kappa shape index (κ1) is 19.9. The molecule has 0 fully saturated rings. The third-order valence-corrected chi connectivity index (χ3v) is 6.39. The van der Waals surface area contributed by atoms with Crippen LogP contribution in [0.4, 0.5) is 4.39 Å². The molecule has 0 radical (unpaired) electrons. The number of aryl methyl sites for hydroxylation is 1. The van der Waals surface area contributed by atoms with Crippen molar-refractivity contribution < 1.29 is 9.18 Å². The highest BCUT2D eigenvalue weighted by molar-refractivity contribution is 8.01. The lowest BCUT2D eigenvalue weighted by molar-refractivity contribution is 0.102. The number of nitrogens with zero attached hydrogens (tertiary/aromatic N) is 2. The Morgan fingerprint density at radius 3 is 2.56 bits per heavy atom. The highest BCUT2D eigenvalue weighted by Gasteiger charge is 2.11. The van der Waals surface area contributed by atoms with Crippen LogP contribution >= 0.6 is 35.3 Å². The molecule has 0 aliphatic heterocycles. The van der Waals surface area contributed by atoms with Gasteiger partial charge in [-0.1, -0.05) is 60.7 Å². The van der Waals surface area contributed by atoms with Gasteiger partial charge in [0.25, 0.3) is 0 Å². The molecule has 0 amide bonds. The van der Waals surface area contributed by atoms with Gasteiger partial charge in [0.05, 0.1) is 11.4 Å². The quantitative estimate of drug-likeness (QED) is 0.251. The second-order valence-corrected chi connectivity index (χ2v) is 8.88. The van der Waals surface area contributed by atoms with Gasteiger partial charge in [-0.05, 0) is 54.9 Å². The Balaban J connectivity index is 1.63. The number of hydrogen-bond acceptors (Lipinski definition) is 5. The van der Waals surface area contributed by atoms with Crippen molar-refractivity contribution in [2.45, 2.75) is 30.5 Å². The summed E-state index contributed by atoms with van der Waals surface area (Å²) in [5.74, 6) is 0.0675. The van der Waals surface area contributed by atoms with Crippen molar-refractivity contribution in [1.29, 1.82) is 0 Å². The van der Waals surface area contributed by atoms with Gasteiger partial charge >= 0.3 is 0 Å². The molecular weight excluding hydrogens is 399 g/mol. The molecule has 0 bridgehead atoms. The van der Waals surface area contributed by atoms with Gasteiger partial charge in [-0.2, -0.15) is 0 Å². The summed E-state index contributed by atoms with van der Waals surface area (Å²) < 4.78 is 15.9. The zero-order chi connectivity index (χ0) is 19.2. The summed E-state index contributed by atoms with van der Waals surface area (Å²) in [5.41, 5.74) is 2.68. The van der Waals surface area contributed by atoms with Crippen LogP contribution < -0.4 is 0 Å². The molecule has 0 saturated carbocycles. The van der Waals surface area contributed by atoms with Gasteiger partial charge in [-0.15, -0.1) is 5.10 Å². The number of aromatic nitrogens is 2. The van der Waals surface area contributed by atoms with Crippen LogP contribution in [0, 0.1) is 9.77 Å². The third kappa shape index (κ3) is 5.34. The molecule has 3 nitrogen and oxygen atoms in total. The molecule has 0 aliphatic rings. The molecule has 27 heavy (non-hydrogen) atoms. The van der Waals surface area contributed by atoms with E-state index in [4.69, 9.17) is 12.2 Å². The van der Waals surface area contributed by atoms with Gasteiger partial charge < -0.3 is 0 Å². The predicted octanol–water partition coefficient (Wildman–Crippen LogP) is 6.12. The molecule has 0 aliphatic carbocycles. The van der Waals surface area contributed by atoms with E-state index in [0.29, 0.717) is 21.0 Å². The van der Waals surface area contributed by atoms with E-state index in [1.807, 2.05) is 24.3 Å². The Labute approximate surface area is 171 Å². The number of unbranched alkanes of at least 4 members (excludes halogenated alkanes) is 1. The third-order valence-electron chi connectivity index (χ3n) is 4.02. The SMILES string of the molecule is CCCCc1ccc(C(=O)CSc2nn(-c3ccc(F)cc3)c(=S)s2)cc1. The number of hydrogen-bond donors (Lipinski definition) is 0. The van der Waals surface area contributed by atoms with Crippen LogP contribution in [0.2, 0.25) is 0 Å². The predicted molar refractivity (Wildman–Crippen MR) is 112 cm³/mol. The second kappa shape index (κ2) is 9.39. The maximum absolute atomic E-state index is 13.1. The van der Waals surface area contributed by atoms with E-state index in [1.165, 1.54) is 40.8 Å². The Bertz CT molecular complexity index is 962. The summed E-state index contributed by atoms with van der Waals surface area (Å²) in [6.07, 6.45) is 3.36. The summed E-state index contributed by atoms with van der Waals surface area (Å²) in [4.78, 5) is 12.4. The summed E-state index contributed by atoms with van der Waals surface area (Å²) in [5, 5.41) is 4.44. The van der Waals surface area contributed by atoms with E-state index in [2.05, 4.69) is 12.0 Å². The Morgan fingerprint density at radius 1 is 1.19 bits per heavy atom. The topological polar surface area (TPSA) is 34.9 Å². The smallest absolute Gasteiger partial charge is 0.184 e. The lowest BCUT2D eigenvalue weighted by Crippen LogP contribution is -2.03. The highest BCUT2D eigenvalue weighted by Crippen LogP contribution is 2.25. The number of Topliss-reactive ketones (excluding diaryl/α,β-unsaturated/α-hetero) is 1. The van der Waals surface area contributed by atoms with Crippen molar-refractivity contribution >= 4 is 41.1 Å². The van der Waals surface area contributed by atoms with Crippen molar-refractivity contribution in [2.75, 3.05) is 5.75 Å². The molecule has 0 saturated heterocycles. The number of carbonyl (C=O) groups is 1. The van der Waals surface area contributed by atoms with Crippen LogP contribution in [0.1, 0.15) is 35.7 Å². The van der Waals surface area contributed by atoms with Crippen molar-refractivity contribution in [3.63, 3.8) is 0 Å². The van der Waals surface area contributed by atoms with E-state index < -0.39 is 0 Å². The highest BCUT2D eigenvalue weighted by atomic mass is 32.2. The second-order valence-electron chi connectivity index (χ2n) is 6.03. The van der Waals surface area contributed by atoms with Crippen LogP contribution in [0.5, 0.6) is 0 Å². The molecule has 1 aromatic heterocycles. The van der Waals surface area contributed by atoms with E-state index in [-0.39, 0.29) is 11.6 Å². The van der Waals surface area contributed by atoms with Crippen molar-refractivity contribution in [3.05, 3.63) is 69.4 Å². The molecule has 0 atom stereocenters. The Morgan fingerprint density at radius 2 is 1.89 bits per heavy atom. The Hall–Kier alpha value is -1.83. The fourth-order valence-corrected chi connectivity index (χ4v) is 4.77. The Kier molecular flexibility index (Phi) is 6.93. The van der Waals surface area contributed by atoms with Crippen LogP contribution in [-0.2, 0) is 6.42 Å². The summed E-state index contributed by atoms with van der Waals surface area (Å²) in [6, 6.07) is 13.9. The number of thioether (sulfide) groups is 1. The maximum Gasteiger partial charge on any atom is 0.184 e. The first-order valence-electron chi connectivity index (χ1n) is 8.68. The fourth-order valence-electron chi connectivity index (χ4n) is 2.51. The molecule has 7 heteroatoms. The summed E-state index contributed by atoms with van der Waals surface area (Å²) in [7, 11) is 0. The average Bonchev–Trinajstić information content (AvgIpc) is 3.06. The van der Waals surface area contributed by atoms with Crippen LogP contribution in [-0.4, -0.2) is 21.3 Å². The van der Waals surface area contributed by atoms with Crippen molar-refractivity contribution in [3.8, 4) is 5.69 Å². The van der Waals surface area contributed by atoms with Crippen LogP contribution in [0.3, 0.4) is 0 Å². The molecule has 2 aromatic carbocycles. The van der Waals surface area contributed by atoms with Crippen LogP contribution in [0.15, 0.2) is 52.9 Å². The number of ketones is 1. The van der Waals surface area contributed by atoms with E-state index in [9.17, 15) is 9.18 Å². The fraction of sp³-hybridized carbons (Fsp3) is 0.250.